The van der Waals surface area contributed by atoms with Gasteiger partial charge in [0.2, 0.25) is 5.91 Å². The predicted molar refractivity (Wildman–Crippen MR) is 87.9 cm³/mol. The Bertz CT molecular complexity index is 696. The van der Waals surface area contributed by atoms with Crippen LogP contribution in [0.4, 0.5) is 0 Å². The lowest BCUT2D eigenvalue weighted by Gasteiger charge is -2.27. The first-order chi connectivity index (χ1) is 10.1. The first kappa shape index (κ1) is 14.8. The Morgan fingerprint density at radius 2 is 2.10 bits per heavy atom. The van der Waals surface area contributed by atoms with Gasteiger partial charge < -0.3 is 9.47 Å². The van der Waals surface area contributed by atoms with Crippen molar-refractivity contribution in [2.45, 2.75) is 19.4 Å². The molecule has 2 heterocycles. The maximum absolute atomic E-state index is 12.5. The van der Waals surface area contributed by atoms with Gasteiger partial charge in [0.1, 0.15) is 0 Å². The Labute approximate surface area is 140 Å². The minimum atomic E-state index is 0.157. The van der Waals surface area contributed by atoms with Crippen LogP contribution in [-0.2, 0) is 31.2 Å². The normalized spacial score (nSPS) is 14.1. The molecule has 0 N–H and O–H groups in total. The summed E-state index contributed by atoms with van der Waals surface area (Å²) in [5.41, 5.74) is 3.24. The van der Waals surface area contributed by atoms with E-state index in [4.69, 9.17) is 0 Å². The minimum absolute atomic E-state index is 0.157. The third-order valence-corrected chi connectivity index (χ3v) is 5.34. The van der Waals surface area contributed by atoms with Crippen LogP contribution in [0.15, 0.2) is 33.5 Å². The molecule has 0 bridgehead atoms. The zero-order valence-corrected chi connectivity index (χ0v) is 14.8. The Kier molecular flexibility index (Phi) is 4.17. The van der Waals surface area contributed by atoms with E-state index in [0.29, 0.717) is 13.0 Å². The largest absolute Gasteiger partial charge is 0.336 e. The summed E-state index contributed by atoms with van der Waals surface area (Å²) in [5.74, 6) is 0.157. The van der Waals surface area contributed by atoms with Crippen LogP contribution in [0.5, 0.6) is 0 Å². The molecule has 0 fully saturated rings. The van der Waals surface area contributed by atoms with Gasteiger partial charge in [-0.05, 0) is 27.6 Å². The summed E-state index contributed by atoms with van der Waals surface area (Å²) >= 11 is 6.94. The van der Waals surface area contributed by atoms with Gasteiger partial charge in [-0.2, -0.15) is 0 Å². The van der Waals surface area contributed by atoms with E-state index in [9.17, 15) is 4.79 Å². The van der Waals surface area contributed by atoms with Crippen LogP contribution in [0.2, 0.25) is 0 Å². The zero-order valence-electron chi connectivity index (χ0n) is 11.6. The van der Waals surface area contributed by atoms with Crippen LogP contribution < -0.4 is 0 Å². The summed E-state index contributed by atoms with van der Waals surface area (Å²) in [5, 5.41) is 0. The summed E-state index contributed by atoms with van der Waals surface area (Å²) in [6.45, 7) is 1.37. The molecular formula is C15H15Br2N3O. The van der Waals surface area contributed by atoms with Crippen molar-refractivity contribution in [3.63, 3.8) is 0 Å². The van der Waals surface area contributed by atoms with Crippen molar-refractivity contribution in [2.24, 2.45) is 7.05 Å². The van der Waals surface area contributed by atoms with Gasteiger partial charge in [0, 0.05) is 24.5 Å². The average molecular weight is 413 g/mol. The van der Waals surface area contributed by atoms with Crippen molar-refractivity contribution >= 4 is 37.8 Å². The van der Waals surface area contributed by atoms with Crippen LogP contribution >= 0.6 is 31.9 Å². The third-order valence-electron chi connectivity index (χ3n) is 3.85. The fraction of sp³-hybridized carbons (Fsp3) is 0.333. The van der Waals surface area contributed by atoms with E-state index in [-0.39, 0.29) is 5.91 Å². The fourth-order valence-electron chi connectivity index (χ4n) is 2.58. The summed E-state index contributed by atoms with van der Waals surface area (Å²) in [7, 11) is 1.97. The number of hydrogen-bond acceptors (Lipinski definition) is 2. The molecule has 1 aliphatic heterocycles. The smallest absolute Gasteiger partial charge is 0.227 e. The molecule has 0 atom stereocenters. The number of imidazole rings is 1. The van der Waals surface area contributed by atoms with Crippen LogP contribution in [0, 0.1) is 0 Å². The number of amides is 1. The van der Waals surface area contributed by atoms with Crippen LogP contribution in [-0.4, -0.2) is 26.9 Å². The van der Waals surface area contributed by atoms with E-state index in [1.807, 2.05) is 40.8 Å². The van der Waals surface area contributed by atoms with E-state index < -0.39 is 0 Å². The number of halogens is 2. The van der Waals surface area contributed by atoms with Gasteiger partial charge in [-0.15, -0.1) is 0 Å². The molecule has 4 nitrogen and oxygen atoms in total. The van der Waals surface area contributed by atoms with E-state index >= 15 is 0 Å². The van der Waals surface area contributed by atoms with Gasteiger partial charge in [-0.3, -0.25) is 4.79 Å². The standard InChI is InChI=1S/C15H15Br2N3O/c1-19-13-9-20(7-6-12(13)18-15(19)17)14(21)8-10-4-2-3-5-11(10)16/h2-5H,6-9H2,1H3. The number of aromatic nitrogens is 2. The van der Waals surface area contributed by atoms with E-state index in [1.165, 1.54) is 0 Å². The lowest BCUT2D eigenvalue weighted by Crippen LogP contribution is -2.37. The number of carbonyl (C=O) groups is 1. The first-order valence-electron chi connectivity index (χ1n) is 6.77. The van der Waals surface area contributed by atoms with Crippen LogP contribution in [0.1, 0.15) is 17.0 Å². The van der Waals surface area contributed by atoms with Gasteiger partial charge in [-0.25, -0.2) is 4.98 Å². The molecule has 0 spiro atoms. The Hall–Kier alpha value is -1.14. The maximum Gasteiger partial charge on any atom is 0.227 e. The molecule has 1 amide bonds. The predicted octanol–water partition coefficient (Wildman–Crippen LogP) is 3.07. The molecular weight excluding hydrogens is 398 g/mol. The number of rotatable bonds is 2. The number of hydrogen-bond donors (Lipinski definition) is 0. The molecule has 3 rings (SSSR count). The second-order valence-electron chi connectivity index (χ2n) is 5.17. The molecule has 21 heavy (non-hydrogen) atoms. The van der Waals surface area contributed by atoms with Crippen molar-refractivity contribution in [3.05, 3.63) is 50.4 Å². The summed E-state index contributed by atoms with van der Waals surface area (Å²) < 4.78 is 3.82. The molecule has 1 aromatic heterocycles. The topological polar surface area (TPSA) is 38.1 Å². The van der Waals surface area contributed by atoms with Crippen molar-refractivity contribution in [1.82, 2.24) is 14.5 Å². The van der Waals surface area contributed by atoms with Crippen LogP contribution in [0.3, 0.4) is 0 Å². The Morgan fingerprint density at radius 3 is 2.86 bits per heavy atom. The molecule has 0 saturated heterocycles. The highest BCUT2D eigenvalue weighted by Crippen LogP contribution is 2.23. The monoisotopic (exact) mass is 411 g/mol. The second-order valence-corrected chi connectivity index (χ2v) is 6.73. The first-order valence-corrected chi connectivity index (χ1v) is 8.36. The van der Waals surface area contributed by atoms with Crippen molar-refractivity contribution in [1.29, 1.82) is 0 Å². The molecule has 6 heteroatoms. The molecule has 0 unspecified atom stereocenters. The lowest BCUT2D eigenvalue weighted by atomic mass is 10.1. The summed E-state index contributed by atoms with van der Waals surface area (Å²) in [6, 6.07) is 7.87. The summed E-state index contributed by atoms with van der Waals surface area (Å²) in [6.07, 6.45) is 1.24. The Balaban J connectivity index is 1.75. The minimum Gasteiger partial charge on any atom is -0.336 e. The van der Waals surface area contributed by atoms with Crippen molar-refractivity contribution < 1.29 is 4.79 Å². The van der Waals surface area contributed by atoms with E-state index in [1.54, 1.807) is 0 Å². The molecule has 0 aliphatic carbocycles. The molecule has 1 aliphatic rings. The van der Waals surface area contributed by atoms with Gasteiger partial charge in [-0.1, -0.05) is 34.1 Å². The average Bonchev–Trinajstić information content (AvgIpc) is 2.76. The molecule has 110 valence electrons. The quantitative estimate of drug-likeness (QED) is 0.760. The summed E-state index contributed by atoms with van der Waals surface area (Å²) in [4.78, 5) is 18.9. The van der Waals surface area contributed by atoms with E-state index in [0.717, 1.165) is 39.1 Å². The number of carbonyl (C=O) groups excluding carboxylic acids is 1. The Morgan fingerprint density at radius 1 is 1.33 bits per heavy atom. The maximum atomic E-state index is 12.5. The van der Waals surface area contributed by atoms with Gasteiger partial charge in [0.05, 0.1) is 24.4 Å². The van der Waals surface area contributed by atoms with E-state index in [2.05, 4.69) is 36.8 Å². The van der Waals surface area contributed by atoms with Gasteiger partial charge in [0.15, 0.2) is 4.73 Å². The molecule has 0 radical (unpaired) electrons. The molecule has 1 aromatic carbocycles. The van der Waals surface area contributed by atoms with Crippen molar-refractivity contribution in [2.75, 3.05) is 6.54 Å². The van der Waals surface area contributed by atoms with Crippen LogP contribution in [0.25, 0.3) is 0 Å². The number of fused-ring (bicyclic) bond motifs is 1. The molecule has 0 saturated carbocycles. The molecule has 2 aromatic rings. The highest BCUT2D eigenvalue weighted by Gasteiger charge is 2.25. The highest BCUT2D eigenvalue weighted by molar-refractivity contribution is 9.10. The number of nitrogens with zero attached hydrogens (tertiary/aromatic N) is 3. The zero-order chi connectivity index (χ0) is 15.0. The second kappa shape index (κ2) is 5.93. The SMILES string of the molecule is Cn1c(Br)nc2c1CN(C(=O)Cc1ccccc1Br)CC2. The van der Waals surface area contributed by atoms with Crippen molar-refractivity contribution in [3.8, 4) is 0 Å². The highest BCUT2D eigenvalue weighted by atomic mass is 79.9. The van der Waals surface area contributed by atoms with Gasteiger partial charge in [0.25, 0.3) is 0 Å². The number of benzene rings is 1. The lowest BCUT2D eigenvalue weighted by molar-refractivity contribution is -0.131. The third kappa shape index (κ3) is 2.92. The van der Waals surface area contributed by atoms with Gasteiger partial charge >= 0.3 is 0 Å². The fourth-order valence-corrected chi connectivity index (χ4v) is 3.44.